The Morgan fingerprint density at radius 2 is 1.48 bits per heavy atom. The van der Waals surface area contributed by atoms with Gasteiger partial charge in [0.2, 0.25) is 0 Å². The van der Waals surface area contributed by atoms with Gasteiger partial charge in [-0.3, -0.25) is 0 Å². The van der Waals surface area contributed by atoms with E-state index in [1.165, 1.54) is 6.92 Å². The molecule has 1 unspecified atom stereocenters. The van der Waals surface area contributed by atoms with Gasteiger partial charge in [0, 0.05) is 19.8 Å². The number of hydrogen-bond acceptors (Lipinski definition) is 3. The number of carbonyl (C=O) groups is 1. The van der Waals surface area contributed by atoms with Gasteiger partial charge in [-0.1, -0.05) is 24.3 Å². The number of aliphatic carboxylic acids is 1. The fourth-order valence-corrected chi connectivity index (χ4v) is 1.93. The fourth-order valence-electron chi connectivity index (χ4n) is 1.93. The van der Waals surface area contributed by atoms with Gasteiger partial charge >= 0.3 is 5.97 Å². The molecule has 0 spiro atoms. The van der Waals surface area contributed by atoms with Crippen LogP contribution in [-0.4, -0.2) is 31.3 Å². The Kier molecular flexibility index (Phi) is 4.48. The van der Waals surface area contributed by atoms with Crippen molar-refractivity contribution in [2.75, 3.05) is 19.0 Å². The van der Waals surface area contributed by atoms with Gasteiger partial charge in [0.25, 0.3) is 0 Å². The SMILES string of the molecule is CC(Oc1ccc(-c2ccc(N(C)C)cc2)cc1)C(=O)O. The van der Waals surface area contributed by atoms with Gasteiger partial charge in [-0.05, 0) is 42.3 Å². The fraction of sp³-hybridized carbons (Fsp3) is 0.235. The van der Waals surface area contributed by atoms with Crippen molar-refractivity contribution in [2.24, 2.45) is 0 Å². The highest BCUT2D eigenvalue weighted by Gasteiger charge is 2.12. The summed E-state index contributed by atoms with van der Waals surface area (Å²) in [4.78, 5) is 12.8. The Balaban J connectivity index is 2.13. The average molecular weight is 285 g/mol. The van der Waals surface area contributed by atoms with Crippen LogP contribution >= 0.6 is 0 Å². The van der Waals surface area contributed by atoms with Crippen molar-refractivity contribution >= 4 is 11.7 Å². The van der Waals surface area contributed by atoms with E-state index in [1.807, 2.05) is 31.1 Å². The molecule has 0 aliphatic rings. The zero-order valence-electron chi connectivity index (χ0n) is 12.4. The lowest BCUT2D eigenvalue weighted by molar-refractivity contribution is -0.144. The number of rotatable bonds is 5. The van der Waals surface area contributed by atoms with Crippen LogP contribution in [0.2, 0.25) is 0 Å². The molecule has 4 heteroatoms. The second-order valence-electron chi connectivity index (χ2n) is 5.06. The first-order valence-corrected chi connectivity index (χ1v) is 6.74. The Labute approximate surface area is 124 Å². The lowest BCUT2D eigenvalue weighted by Gasteiger charge is -2.13. The number of carboxylic acid groups (broad SMARTS) is 1. The Bertz CT molecular complexity index is 603. The number of nitrogens with zero attached hydrogens (tertiary/aromatic N) is 1. The van der Waals surface area contributed by atoms with E-state index in [0.29, 0.717) is 5.75 Å². The highest BCUT2D eigenvalue weighted by molar-refractivity contribution is 5.72. The average Bonchev–Trinajstić information content (AvgIpc) is 2.48. The number of carboxylic acids is 1. The van der Waals surface area contributed by atoms with Crippen LogP contribution in [0.15, 0.2) is 48.5 Å². The Morgan fingerprint density at radius 3 is 1.90 bits per heavy atom. The third kappa shape index (κ3) is 3.75. The summed E-state index contributed by atoms with van der Waals surface area (Å²) in [6.45, 7) is 1.51. The number of hydrogen-bond donors (Lipinski definition) is 1. The largest absolute Gasteiger partial charge is 0.479 e. The summed E-state index contributed by atoms with van der Waals surface area (Å²) in [7, 11) is 4.01. The molecule has 2 aromatic carbocycles. The summed E-state index contributed by atoms with van der Waals surface area (Å²) >= 11 is 0. The Morgan fingerprint density at radius 1 is 1.00 bits per heavy atom. The van der Waals surface area contributed by atoms with Gasteiger partial charge in [-0.25, -0.2) is 4.79 Å². The Hall–Kier alpha value is -2.49. The highest BCUT2D eigenvalue weighted by atomic mass is 16.5. The molecule has 0 aliphatic carbocycles. The van der Waals surface area contributed by atoms with Crippen LogP contribution in [0, 0.1) is 0 Å². The van der Waals surface area contributed by atoms with Crippen molar-refractivity contribution in [2.45, 2.75) is 13.0 Å². The normalized spacial score (nSPS) is 11.8. The first-order valence-electron chi connectivity index (χ1n) is 6.74. The molecule has 110 valence electrons. The second kappa shape index (κ2) is 6.31. The minimum absolute atomic E-state index is 0.554. The van der Waals surface area contributed by atoms with Crippen LogP contribution in [0.4, 0.5) is 5.69 Å². The van der Waals surface area contributed by atoms with E-state index >= 15 is 0 Å². The molecular formula is C17H19NO3. The number of anilines is 1. The van der Waals surface area contributed by atoms with Crippen LogP contribution in [0.3, 0.4) is 0 Å². The molecule has 0 fully saturated rings. The second-order valence-corrected chi connectivity index (χ2v) is 5.06. The van der Waals surface area contributed by atoms with Gasteiger partial charge < -0.3 is 14.7 Å². The molecule has 0 heterocycles. The van der Waals surface area contributed by atoms with E-state index in [0.717, 1.165) is 16.8 Å². The molecule has 0 aromatic heterocycles. The van der Waals surface area contributed by atoms with E-state index in [2.05, 4.69) is 24.3 Å². The molecule has 2 aromatic rings. The molecular weight excluding hydrogens is 266 g/mol. The number of benzene rings is 2. The van der Waals surface area contributed by atoms with Gasteiger partial charge in [0.15, 0.2) is 6.10 Å². The summed E-state index contributed by atoms with van der Waals surface area (Å²) in [5.41, 5.74) is 3.32. The molecule has 4 nitrogen and oxygen atoms in total. The van der Waals surface area contributed by atoms with Crippen LogP contribution in [0.25, 0.3) is 11.1 Å². The van der Waals surface area contributed by atoms with Gasteiger partial charge in [0.1, 0.15) is 5.75 Å². The zero-order chi connectivity index (χ0) is 15.4. The van der Waals surface area contributed by atoms with Crippen LogP contribution in [0.5, 0.6) is 5.75 Å². The van der Waals surface area contributed by atoms with Crippen molar-refractivity contribution in [3.05, 3.63) is 48.5 Å². The molecule has 0 radical (unpaired) electrons. The van der Waals surface area contributed by atoms with E-state index < -0.39 is 12.1 Å². The standard InChI is InChI=1S/C17H19NO3/c1-12(17(19)20)21-16-10-6-14(7-11-16)13-4-8-15(9-5-13)18(2)3/h4-12H,1-3H3,(H,19,20). The van der Waals surface area contributed by atoms with Crippen molar-refractivity contribution < 1.29 is 14.6 Å². The van der Waals surface area contributed by atoms with Crippen molar-refractivity contribution in [1.29, 1.82) is 0 Å². The minimum atomic E-state index is -0.974. The lowest BCUT2D eigenvalue weighted by atomic mass is 10.1. The third-order valence-electron chi connectivity index (χ3n) is 3.23. The van der Waals surface area contributed by atoms with E-state index in [1.54, 1.807) is 12.1 Å². The van der Waals surface area contributed by atoms with Crippen molar-refractivity contribution in [3.63, 3.8) is 0 Å². The number of ether oxygens (including phenoxy) is 1. The third-order valence-corrected chi connectivity index (χ3v) is 3.23. The quantitative estimate of drug-likeness (QED) is 0.916. The van der Waals surface area contributed by atoms with E-state index in [-0.39, 0.29) is 0 Å². The zero-order valence-corrected chi connectivity index (χ0v) is 12.4. The maximum Gasteiger partial charge on any atom is 0.344 e. The molecule has 2 rings (SSSR count). The van der Waals surface area contributed by atoms with Crippen LogP contribution < -0.4 is 9.64 Å². The summed E-state index contributed by atoms with van der Waals surface area (Å²) < 4.78 is 5.31. The minimum Gasteiger partial charge on any atom is -0.479 e. The molecule has 1 N–H and O–H groups in total. The summed E-state index contributed by atoms with van der Waals surface area (Å²) in [5, 5.41) is 8.82. The maximum atomic E-state index is 10.7. The molecule has 0 aliphatic heterocycles. The molecule has 0 saturated heterocycles. The van der Waals surface area contributed by atoms with Crippen LogP contribution in [0.1, 0.15) is 6.92 Å². The molecule has 0 amide bonds. The van der Waals surface area contributed by atoms with Crippen LogP contribution in [-0.2, 0) is 4.79 Å². The van der Waals surface area contributed by atoms with Gasteiger partial charge in [0.05, 0.1) is 0 Å². The van der Waals surface area contributed by atoms with E-state index in [9.17, 15) is 4.79 Å². The molecule has 0 saturated carbocycles. The first-order chi connectivity index (χ1) is 9.97. The first kappa shape index (κ1) is 14.9. The molecule has 1 atom stereocenters. The smallest absolute Gasteiger partial charge is 0.344 e. The summed E-state index contributed by atoms with van der Waals surface area (Å²) in [6.07, 6.45) is -0.852. The van der Waals surface area contributed by atoms with Gasteiger partial charge in [-0.2, -0.15) is 0 Å². The topological polar surface area (TPSA) is 49.8 Å². The maximum absolute atomic E-state index is 10.7. The van der Waals surface area contributed by atoms with Crippen molar-refractivity contribution in [1.82, 2.24) is 0 Å². The summed E-state index contributed by atoms with van der Waals surface area (Å²) in [5.74, 6) is -0.420. The van der Waals surface area contributed by atoms with Crippen molar-refractivity contribution in [3.8, 4) is 16.9 Å². The lowest BCUT2D eigenvalue weighted by Crippen LogP contribution is -2.22. The monoisotopic (exact) mass is 285 g/mol. The predicted octanol–water partition coefficient (Wildman–Crippen LogP) is 3.27. The summed E-state index contributed by atoms with van der Waals surface area (Å²) in [6, 6.07) is 15.7. The molecule has 0 bridgehead atoms. The van der Waals surface area contributed by atoms with Gasteiger partial charge in [-0.15, -0.1) is 0 Å². The predicted molar refractivity (Wildman–Crippen MR) is 83.9 cm³/mol. The highest BCUT2D eigenvalue weighted by Crippen LogP contribution is 2.25. The molecule has 21 heavy (non-hydrogen) atoms. The van der Waals surface area contributed by atoms with E-state index in [4.69, 9.17) is 9.84 Å².